The second kappa shape index (κ2) is 4.19. The van der Waals surface area contributed by atoms with Crippen molar-refractivity contribution < 1.29 is 0 Å². The third-order valence-corrected chi connectivity index (χ3v) is 3.64. The molecule has 0 radical (unpaired) electrons. The second-order valence-electron chi connectivity index (χ2n) is 5.54. The van der Waals surface area contributed by atoms with E-state index in [2.05, 4.69) is 24.1 Å². The van der Waals surface area contributed by atoms with Crippen molar-refractivity contribution in [3.8, 4) is 0 Å². The molecule has 1 N–H and O–H groups in total. The zero-order valence-electron chi connectivity index (χ0n) is 9.68. The topological polar surface area (TPSA) is 15.3 Å². The minimum absolute atomic E-state index is 0.507. The fourth-order valence-corrected chi connectivity index (χ4v) is 3.01. The molecule has 0 bridgehead atoms. The Morgan fingerprint density at radius 2 is 2.14 bits per heavy atom. The number of hydrogen-bond donors (Lipinski definition) is 1. The molecular formula is C12H24N2. The van der Waals surface area contributed by atoms with Gasteiger partial charge in [0.25, 0.3) is 0 Å². The summed E-state index contributed by atoms with van der Waals surface area (Å²) in [7, 11) is 0. The quantitative estimate of drug-likeness (QED) is 0.725. The number of hydrogen-bond acceptors (Lipinski definition) is 2. The molecule has 2 rings (SSSR count). The van der Waals surface area contributed by atoms with Crippen LogP contribution in [-0.2, 0) is 0 Å². The molecule has 2 aliphatic rings. The molecule has 1 atom stereocenters. The summed E-state index contributed by atoms with van der Waals surface area (Å²) < 4.78 is 0. The minimum atomic E-state index is 0.507. The average Bonchev–Trinajstić information content (AvgIpc) is 2.49. The lowest BCUT2D eigenvalue weighted by Crippen LogP contribution is -2.50. The van der Waals surface area contributed by atoms with Crippen molar-refractivity contribution in [1.29, 1.82) is 0 Å². The molecule has 2 heterocycles. The third-order valence-electron chi connectivity index (χ3n) is 3.64. The molecule has 0 saturated carbocycles. The van der Waals surface area contributed by atoms with Crippen molar-refractivity contribution in [2.45, 2.75) is 45.1 Å². The van der Waals surface area contributed by atoms with Crippen molar-refractivity contribution >= 4 is 0 Å². The summed E-state index contributed by atoms with van der Waals surface area (Å²) in [6, 6.07) is 0. The van der Waals surface area contributed by atoms with E-state index in [9.17, 15) is 0 Å². The van der Waals surface area contributed by atoms with Gasteiger partial charge in [0.15, 0.2) is 0 Å². The Bertz CT molecular complexity index is 183. The van der Waals surface area contributed by atoms with Gasteiger partial charge in [-0.15, -0.1) is 0 Å². The summed E-state index contributed by atoms with van der Waals surface area (Å²) in [4.78, 5) is 2.64. The van der Waals surface area contributed by atoms with E-state index < -0.39 is 0 Å². The first-order chi connectivity index (χ1) is 6.70. The standard InChI is InChI=1S/C12H24N2/c1-11(2)9-14-8-6-12(10-14)5-3-4-7-13-12/h11,13H,3-10H2,1-2H3. The van der Waals surface area contributed by atoms with Crippen LogP contribution in [0, 0.1) is 5.92 Å². The van der Waals surface area contributed by atoms with Crippen LogP contribution in [0.4, 0.5) is 0 Å². The van der Waals surface area contributed by atoms with E-state index >= 15 is 0 Å². The molecule has 2 aliphatic heterocycles. The van der Waals surface area contributed by atoms with Crippen molar-refractivity contribution in [3.05, 3.63) is 0 Å². The second-order valence-corrected chi connectivity index (χ2v) is 5.54. The van der Waals surface area contributed by atoms with E-state index in [1.807, 2.05) is 0 Å². The summed E-state index contributed by atoms with van der Waals surface area (Å²) in [6.45, 7) is 9.77. The Morgan fingerprint density at radius 3 is 2.79 bits per heavy atom. The van der Waals surface area contributed by atoms with Gasteiger partial charge >= 0.3 is 0 Å². The molecule has 0 amide bonds. The van der Waals surface area contributed by atoms with Gasteiger partial charge in [-0.1, -0.05) is 20.3 Å². The van der Waals surface area contributed by atoms with E-state index in [-0.39, 0.29) is 0 Å². The van der Waals surface area contributed by atoms with E-state index in [1.54, 1.807) is 0 Å². The van der Waals surface area contributed by atoms with E-state index in [4.69, 9.17) is 0 Å². The van der Waals surface area contributed by atoms with Gasteiger partial charge in [0.1, 0.15) is 0 Å². The third kappa shape index (κ3) is 2.29. The molecule has 2 saturated heterocycles. The summed E-state index contributed by atoms with van der Waals surface area (Å²) in [5.41, 5.74) is 0.507. The van der Waals surface area contributed by atoms with Crippen LogP contribution in [0.15, 0.2) is 0 Å². The number of nitrogens with zero attached hydrogens (tertiary/aromatic N) is 1. The Balaban J connectivity index is 1.86. The lowest BCUT2D eigenvalue weighted by atomic mass is 9.88. The maximum atomic E-state index is 3.76. The van der Waals surface area contributed by atoms with Crippen LogP contribution in [0.5, 0.6) is 0 Å². The lowest BCUT2D eigenvalue weighted by molar-refractivity contribution is 0.226. The highest BCUT2D eigenvalue weighted by molar-refractivity contribution is 4.98. The summed E-state index contributed by atoms with van der Waals surface area (Å²) in [6.07, 6.45) is 5.59. The molecule has 0 aliphatic carbocycles. The zero-order valence-corrected chi connectivity index (χ0v) is 9.68. The van der Waals surface area contributed by atoms with Crippen LogP contribution in [-0.4, -0.2) is 36.6 Å². The first kappa shape index (κ1) is 10.4. The number of likely N-dealkylation sites (tertiary alicyclic amines) is 1. The van der Waals surface area contributed by atoms with E-state index in [0.717, 1.165) is 5.92 Å². The monoisotopic (exact) mass is 196 g/mol. The van der Waals surface area contributed by atoms with Gasteiger partial charge in [-0.3, -0.25) is 0 Å². The van der Waals surface area contributed by atoms with E-state index in [0.29, 0.717) is 5.54 Å². The minimum Gasteiger partial charge on any atom is -0.310 e. The normalized spacial score (nSPS) is 34.5. The van der Waals surface area contributed by atoms with Crippen LogP contribution < -0.4 is 5.32 Å². The highest BCUT2D eigenvalue weighted by atomic mass is 15.2. The molecule has 0 aromatic carbocycles. The molecule has 0 aromatic heterocycles. The Labute approximate surface area is 88.1 Å². The maximum absolute atomic E-state index is 3.76. The molecule has 1 unspecified atom stereocenters. The first-order valence-corrected chi connectivity index (χ1v) is 6.18. The molecule has 2 fully saturated rings. The van der Waals surface area contributed by atoms with Crippen LogP contribution in [0.3, 0.4) is 0 Å². The molecule has 0 aromatic rings. The SMILES string of the molecule is CC(C)CN1CCC2(CCCCN2)C1. The van der Waals surface area contributed by atoms with E-state index in [1.165, 1.54) is 51.9 Å². The maximum Gasteiger partial charge on any atom is 0.0320 e. The Hall–Kier alpha value is -0.0800. The van der Waals surface area contributed by atoms with Crippen molar-refractivity contribution in [3.63, 3.8) is 0 Å². The lowest BCUT2D eigenvalue weighted by Gasteiger charge is -2.35. The number of piperidine rings is 1. The van der Waals surface area contributed by atoms with Crippen LogP contribution in [0.1, 0.15) is 39.5 Å². The fraction of sp³-hybridized carbons (Fsp3) is 1.00. The highest BCUT2D eigenvalue weighted by Gasteiger charge is 2.38. The van der Waals surface area contributed by atoms with Crippen molar-refractivity contribution in [2.24, 2.45) is 5.92 Å². The van der Waals surface area contributed by atoms with Gasteiger partial charge in [0.05, 0.1) is 0 Å². The average molecular weight is 196 g/mol. The summed E-state index contributed by atoms with van der Waals surface area (Å²) in [5.74, 6) is 0.814. The van der Waals surface area contributed by atoms with Gasteiger partial charge < -0.3 is 10.2 Å². The van der Waals surface area contributed by atoms with Crippen LogP contribution in [0.25, 0.3) is 0 Å². The number of nitrogens with one attached hydrogen (secondary N) is 1. The van der Waals surface area contributed by atoms with Crippen molar-refractivity contribution in [2.75, 3.05) is 26.2 Å². The Morgan fingerprint density at radius 1 is 1.29 bits per heavy atom. The fourth-order valence-electron chi connectivity index (χ4n) is 3.01. The summed E-state index contributed by atoms with van der Waals surface area (Å²) in [5, 5.41) is 3.76. The Kier molecular flexibility index (Phi) is 3.13. The molecule has 14 heavy (non-hydrogen) atoms. The predicted molar refractivity (Wildman–Crippen MR) is 60.5 cm³/mol. The number of rotatable bonds is 2. The van der Waals surface area contributed by atoms with Gasteiger partial charge in [0, 0.05) is 25.2 Å². The molecular weight excluding hydrogens is 172 g/mol. The first-order valence-electron chi connectivity index (χ1n) is 6.18. The molecule has 2 nitrogen and oxygen atoms in total. The van der Waals surface area contributed by atoms with Crippen LogP contribution in [0.2, 0.25) is 0 Å². The van der Waals surface area contributed by atoms with Gasteiger partial charge in [-0.25, -0.2) is 0 Å². The molecule has 1 spiro atoms. The summed E-state index contributed by atoms with van der Waals surface area (Å²) >= 11 is 0. The van der Waals surface area contributed by atoms with Crippen molar-refractivity contribution in [1.82, 2.24) is 10.2 Å². The van der Waals surface area contributed by atoms with Crippen LogP contribution >= 0.6 is 0 Å². The zero-order chi connectivity index (χ0) is 10.0. The predicted octanol–water partition coefficient (Wildman–Crippen LogP) is 1.86. The van der Waals surface area contributed by atoms with Gasteiger partial charge in [0.2, 0.25) is 0 Å². The largest absolute Gasteiger partial charge is 0.310 e. The molecule has 82 valence electrons. The highest BCUT2D eigenvalue weighted by Crippen LogP contribution is 2.29. The van der Waals surface area contributed by atoms with Gasteiger partial charge in [-0.2, -0.15) is 0 Å². The van der Waals surface area contributed by atoms with Gasteiger partial charge in [-0.05, 0) is 31.7 Å². The smallest absolute Gasteiger partial charge is 0.0320 e. The molecule has 2 heteroatoms.